The summed E-state index contributed by atoms with van der Waals surface area (Å²) in [5.74, 6) is 0.621. The Morgan fingerprint density at radius 3 is 2.40 bits per heavy atom. The largest absolute Gasteiger partial charge is 0.329 e. The number of imidazole rings is 1. The molecule has 0 aliphatic carbocycles. The summed E-state index contributed by atoms with van der Waals surface area (Å²) in [6, 6.07) is 25.6. The first-order valence-corrected chi connectivity index (χ1v) is 9.99. The van der Waals surface area contributed by atoms with Crippen LogP contribution in [0.5, 0.6) is 0 Å². The number of aromatic nitrogens is 2. The van der Waals surface area contributed by atoms with E-state index in [9.17, 15) is 4.79 Å². The van der Waals surface area contributed by atoms with E-state index in [1.54, 1.807) is 0 Å². The summed E-state index contributed by atoms with van der Waals surface area (Å²) in [5, 5.41) is 6.40. The maximum Gasteiger partial charge on any atom is 0.255 e. The highest BCUT2D eigenvalue weighted by molar-refractivity contribution is 6.06. The Kier molecular flexibility index (Phi) is 4.36. The summed E-state index contributed by atoms with van der Waals surface area (Å²) >= 11 is 0. The standard InChI is InChI=1S/C25H22N4O/c1-16-12-14-18(15-13-16)23-22(24(30)27-19-8-4-3-5-9-19)17(2)26-25-28-20-10-6-7-11-21(20)29(23)25/h3-15,23H,1-2H3,(H,26,28)(H,27,30)/t23-/m0/s1. The second kappa shape index (κ2) is 7.19. The minimum atomic E-state index is -0.280. The van der Waals surface area contributed by atoms with E-state index in [4.69, 9.17) is 4.98 Å². The first kappa shape index (κ1) is 18.2. The number of fused-ring (bicyclic) bond motifs is 3. The molecule has 5 rings (SSSR count). The normalized spacial score (nSPS) is 15.6. The third kappa shape index (κ3) is 3.05. The van der Waals surface area contributed by atoms with Crippen molar-refractivity contribution in [3.63, 3.8) is 0 Å². The van der Waals surface area contributed by atoms with Gasteiger partial charge in [0.05, 0.1) is 22.6 Å². The van der Waals surface area contributed by atoms with Crippen molar-refractivity contribution < 1.29 is 4.79 Å². The number of para-hydroxylation sites is 3. The quantitative estimate of drug-likeness (QED) is 0.497. The SMILES string of the molecule is CC1=C(C(=O)Nc2ccccc2)[C@H](c2ccc(C)cc2)n2c(nc3ccccc32)N1. The van der Waals surface area contributed by atoms with Crippen molar-refractivity contribution in [2.45, 2.75) is 19.9 Å². The van der Waals surface area contributed by atoms with Crippen LogP contribution in [0.15, 0.2) is 90.1 Å². The van der Waals surface area contributed by atoms with Gasteiger partial charge >= 0.3 is 0 Å². The molecule has 2 heterocycles. The number of anilines is 2. The minimum absolute atomic E-state index is 0.125. The van der Waals surface area contributed by atoms with Crippen molar-refractivity contribution >= 4 is 28.6 Å². The summed E-state index contributed by atoms with van der Waals surface area (Å²) < 4.78 is 2.12. The molecule has 4 aromatic rings. The fourth-order valence-corrected chi connectivity index (χ4v) is 4.04. The second-order valence-electron chi connectivity index (χ2n) is 7.59. The third-order valence-corrected chi connectivity index (χ3v) is 5.50. The van der Waals surface area contributed by atoms with Crippen LogP contribution in [-0.2, 0) is 4.79 Å². The molecule has 30 heavy (non-hydrogen) atoms. The molecule has 0 unspecified atom stereocenters. The van der Waals surface area contributed by atoms with Gasteiger partial charge in [0.25, 0.3) is 5.91 Å². The fraction of sp³-hybridized carbons (Fsp3) is 0.120. The van der Waals surface area contributed by atoms with Crippen LogP contribution in [0.2, 0.25) is 0 Å². The third-order valence-electron chi connectivity index (χ3n) is 5.50. The highest BCUT2D eigenvalue weighted by Crippen LogP contribution is 2.39. The number of benzene rings is 3. The Hall–Kier alpha value is -3.86. The van der Waals surface area contributed by atoms with E-state index in [1.165, 1.54) is 5.56 Å². The van der Waals surface area contributed by atoms with Crippen molar-refractivity contribution in [1.29, 1.82) is 0 Å². The first-order valence-electron chi connectivity index (χ1n) is 9.99. The van der Waals surface area contributed by atoms with Crippen LogP contribution in [0.3, 0.4) is 0 Å². The van der Waals surface area contributed by atoms with Crippen LogP contribution >= 0.6 is 0 Å². The number of carbonyl (C=O) groups excluding carboxylic acids is 1. The highest BCUT2D eigenvalue weighted by atomic mass is 16.1. The molecule has 0 bridgehead atoms. The van der Waals surface area contributed by atoms with Crippen LogP contribution in [-0.4, -0.2) is 15.5 Å². The van der Waals surface area contributed by atoms with E-state index in [2.05, 4.69) is 46.4 Å². The predicted molar refractivity (Wildman–Crippen MR) is 120 cm³/mol. The van der Waals surface area contributed by atoms with Gasteiger partial charge in [-0.05, 0) is 43.7 Å². The summed E-state index contributed by atoms with van der Waals surface area (Å²) in [6.07, 6.45) is 0. The Labute approximate surface area is 175 Å². The smallest absolute Gasteiger partial charge is 0.255 e. The number of hydrogen-bond donors (Lipinski definition) is 2. The van der Waals surface area contributed by atoms with Crippen LogP contribution in [0, 0.1) is 6.92 Å². The van der Waals surface area contributed by atoms with Crippen molar-refractivity contribution in [1.82, 2.24) is 9.55 Å². The molecule has 148 valence electrons. The average Bonchev–Trinajstić information content (AvgIpc) is 3.12. The van der Waals surface area contributed by atoms with Gasteiger partial charge in [-0.3, -0.25) is 9.36 Å². The Balaban J connectivity index is 1.68. The van der Waals surface area contributed by atoms with Gasteiger partial charge in [-0.15, -0.1) is 0 Å². The molecule has 5 heteroatoms. The molecule has 3 aromatic carbocycles. The minimum Gasteiger partial charge on any atom is -0.329 e. The van der Waals surface area contributed by atoms with E-state index in [0.717, 1.165) is 33.9 Å². The monoisotopic (exact) mass is 394 g/mol. The molecule has 1 amide bonds. The number of rotatable bonds is 3. The molecule has 0 saturated heterocycles. The number of nitrogens with zero attached hydrogens (tertiary/aromatic N) is 2. The molecule has 0 spiro atoms. The lowest BCUT2D eigenvalue weighted by Crippen LogP contribution is -2.30. The van der Waals surface area contributed by atoms with Gasteiger partial charge in [-0.1, -0.05) is 60.2 Å². The van der Waals surface area contributed by atoms with E-state index in [0.29, 0.717) is 5.57 Å². The lowest BCUT2D eigenvalue weighted by molar-refractivity contribution is -0.113. The summed E-state index contributed by atoms with van der Waals surface area (Å²) in [7, 11) is 0. The molecular weight excluding hydrogens is 372 g/mol. The molecule has 0 fully saturated rings. The predicted octanol–water partition coefficient (Wildman–Crippen LogP) is 5.27. The lowest BCUT2D eigenvalue weighted by atomic mass is 9.93. The van der Waals surface area contributed by atoms with Crippen molar-refractivity contribution in [2.75, 3.05) is 10.6 Å². The Morgan fingerprint density at radius 1 is 0.933 bits per heavy atom. The zero-order chi connectivity index (χ0) is 20.7. The number of allylic oxidation sites excluding steroid dienone is 1. The molecule has 1 aliphatic rings. The maximum absolute atomic E-state index is 13.5. The fourth-order valence-electron chi connectivity index (χ4n) is 4.04. The van der Waals surface area contributed by atoms with E-state index in [1.807, 2.05) is 61.5 Å². The molecule has 5 nitrogen and oxygen atoms in total. The molecule has 2 N–H and O–H groups in total. The van der Waals surface area contributed by atoms with Crippen LogP contribution in [0.1, 0.15) is 24.1 Å². The van der Waals surface area contributed by atoms with E-state index in [-0.39, 0.29) is 11.9 Å². The molecule has 1 atom stereocenters. The number of nitrogens with one attached hydrogen (secondary N) is 2. The van der Waals surface area contributed by atoms with Gasteiger partial charge in [-0.25, -0.2) is 4.98 Å². The topological polar surface area (TPSA) is 59.0 Å². The van der Waals surface area contributed by atoms with Crippen molar-refractivity contribution in [3.8, 4) is 0 Å². The van der Waals surface area contributed by atoms with Crippen molar-refractivity contribution in [3.05, 3.63) is 101 Å². The molecule has 0 radical (unpaired) electrons. The van der Waals surface area contributed by atoms with Gasteiger partial charge in [0.1, 0.15) is 0 Å². The van der Waals surface area contributed by atoms with Crippen LogP contribution in [0.4, 0.5) is 11.6 Å². The van der Waals surface area contributed by atoms with E-state index >= 15 is 0 Å². The Bertz CT molecular complexity index is 1270. The van der Waals surface area contributed by atoms with Gasteiger partial charge in [-0.2, -0.15) is 0 Å². The number of hydrogen-bond acceptors (Lipinski definition) is 3. The van der Waals surface area contributed by atoms with Gasteiger partial charge in [0.15, 0.2) is 0 Å². The van der Waals surface area contributed by atoms with Gasteiger partial charge < -0.3 is 10.6 Å². The summed E-state index contributed by atoms with van der Waals surface area (Å²) in [4.78, 5) is 18.2. The number of aryl methyl sites for hydroxylation is 1. The van der Waals surface area contributed by atoms with E-state index < -0.39 is 0 Å². The van der Waals surface area contributed by atoms with Crippen molar-refractivity contribution in [2.24, 2.45) is 0 Å². The zero-order valence-electron chi connectivity index (χ0n) is 16.9. The highest BCUT2D eigenvalue weighted by Gasteiger charge is 2.34. The molecule has 1 aliphatic heterocycles. The van der Waals surface area contributed by atoms with Gasteiger partial charge in [0, 0.05) is 11.4 Å². The summed E-state index contributed by atoms with van der Waals surface area (Å²) in [6.45, 7) is 4.00. The van der Waals surface area contributed by atoms with Crippen LogP contribution in [0.25, 0.3) is 11.0 Å². The summed E-state index contributed by atoms with van der Waals surface area (Å²) in [5.41, 5.74) is 6.36. The Morgan fingerprint density at radius 2 is 1.63 bits per heavy atom. The first-order chi connectivity index (χ1) is 14.6. The van der Waals surface area contributed by atoms with Gasteiger partial charge in [0.2, 0.25) is 5.95 Å². The zero-order valence-corrected chi connectivity index (χ0v) is 16.9. The molecular formula is C25H22N4O. The second-order valence-corrected chi connectivity index (χ2v) is 7.59. The maximum atomic E-state index is 13.5. The van der Waals surface area contributed by atoms with Crippen LogP contribution < -0.4 is 10.6 Å². The average molecular weight is 394 g/mol. The lowest BCUT2D eigenvalue weighted by Gasteiger charge is -2.30. The number of carbonyl (C=O) groups is 1. The number of amides is 1. The molecule has 1 aromatic heterocycles. The molecule has 0 saturated carbocycles.